The number of amides is 1. The first-order valence-corrected chi connectivity index (χ1v) is 7.25. The summed E-state index contributed by atoms with van der Waals surface area (Å²) >= 11 is 0. The molecule has 0 radical (unpaired) electrons. The van der Waals surface area contributed by atoms with Crippen LogP contribution in [0.1, 0.15) is 35.9 Å². The molecule has 5 heteroatoms. The number of nitrogens with one attached hydrogen (secondary N) is 1. The molecule has 3 aromatic rings. The fourth-order valence-corrected chi connectivity index (χ4v) is 2.41. The third kappa shape index (κ3) is 2.70. The predicted octanol–water partition coefficient (Wildman–Crippen LogP) is 3.57. The number of benzene rings is 1. The second kappa shape index (κ2) is 5.60. The fraction of sp³-hybridized carbons (Fsp3) is 0.235. The van der Waals surface area contributed by atoms with Gasteiger partial charge >= 0.3 is 0 Å². The molecular weight excluding hydrogens is 276 g/mol. The van der Waals surface area contributed by atoms with Crippen molar-refractivity contribution < 1.29 is 4.79 Å². The van der Waals surface area contributed by atoms with Gasteiger partial charge in [-0.15, -0.1) is 0 Å². The quantitative estimate of drug-likeness (QED) is 0.803. The Morgan fingerprint density at radius 1 is 1.18 bits per heavy atom. The van der Waals surface area contributed by atoms with Gasteiger partial charge in [-0.1, -0.05) is 0 Å². The van der Waals surface area contributed by atoms with Gasteiger partial charge in [0.05, 0.1) is 17.4 Å². The highest BCUT2D eigenvalue weighted by molar-refractivity contribution is 6.05. The number of hydrogen-bond donors (Lipinski definition) is 1. The molecule has 0 atom stereocenters. The van der Waals surface area contributed by atoms with E-state index in [0.717, 1.165) is 22.4 Å². The van der Waals surface area contributed by atoms with Gasteiger partial charge in [-0.2, -0.15) is 0 Å². The Labute approximate surface area is 129 Å². The summed E-state index contributed by atoms with van der Waals surface area (Å²) in [5, 5.41) is 2.88. The Kier molecular flexibility index (Phi) is 3.63. The van der Waals surface area contributed by atoms with Gasteiger partial charge in [-0.3, -0.25) is 9.78 Å². The van der Waals surface area contributed by atoms with E-state index in [-0.39, 0.29) is 5.91 Å². The number of aryl methyl sites for hydroxylation is 1. The van der Waals surface area contributed by atoms with Gasteiger partial charge in [0.25, 0.3) is 5.91 Å². The molecule has 1 N–H and O–H groups in total. The average Bonchev–Trinajstić information content (AvgIpc) is 2.90. The molecule has 2 aromatic heterocycles. The molecule has 5 nitrogen and oxygen atoms in total. The maximum absolute atomic E-state index is 12.3. The summed E-state index contributed by atoms with van der Waals surface area (Å²) in [6.45, 7) is 6.10. The Bertz CT molecular complexity index is 836. The lowest BCUT2D eigenvalue weighted by molar-refractivity contribution is 0.102. The van der Waals surface area contributed by atoms with Gasteiger partial charge < -0.3 is 9.88 Å². The smallest absolute Gasteiger partial charge is 0.255 e. The fourth-order valence-electron chi connectivity index (χ4n) is 2.41. The third-order valence-corrected chi connectivity index (χ3v) is 3.55. The molecule has 0 spiro atoms. The topological polar surface area (TPSA) is 59.8 Å². The number of fused-ring (bicyclic) bond motifs is 1. The Balaban J connectivity index is 1.88. The molecule has 0 bridgehead atoms. The highest BCUT2D eigenvalue weighted by Crippen LogP contribution is 2.19. The number of nitrogens with zero attached hydrogens (tertiary/aromatic N) is 3. The number of carbonyl (C=O) groups is 1. The molecule has 0 saturated carbocycles. The lowest BCUT2D eigenvalue weighted by atomic mass is 10.1. The van der Waals surface area contributed by atoms with Crippen molar-refractivity contribution >= 4 is 22.6 Å². The van der Waals surface area contributed by atoms with E-state index in [2.05, 4.69) is 33.7 Å². The van der Waals surface area contributed by atoms with Crippen molar-refractivity contribution in [1.29, 1.82) is 0 Å². The lowest BCUT2D eigenvalue weighted by Gasteiger charge is -2.08. The maximum atomic E-state index is 12.3. The highest BCUT2D eigenvalue weighted by atomic mass is 16.1. The normalized spacial score (nSPS) is 11.1. The third-order valence-electron chi connectivity index (χ3n) is 3.55. The van der Waals surface area contributed by atoms with Gasteiger partial charge in [0.2, 0.25) is 0 Å². The van der Waals surface area contributed by atoms with E-state index in [4.69, 9.17) is 0 Å². The first-order chi connectivity index (χ1) is 10.5. The van der Waals surface area contributed by atoms with Crippen LogP contribution in [0.25, 0.3) is 11.0 Å². The number of hydrogen-bond acceptors (Lipinski definition) is 3. The predicted molar refractivity (Wildman–Crippen MR) is 87.0 cm³/mol. The van der Waals surface area contributed by atoms with Crippen LogP contribution in [-0.2, 0) is 0 Å². The Hall–Kier alpha value is -2.69. The first kappa shape index (κ1) is 14.3. The van der Waals surface area contributed by atoms with E-state index < -0.39 is 0 Å². The van der Waals surface area contributed by atoms with Crippen molar-refractivity contribution in [1.82, 2.24) is 14.5 Å². The van der Waals surface area contributed by atoms with Crippen molar-refractivity contribution in [2.45, 2.75) is 26.8 Å². The number of rotatable bonds is 3. The van der Waals surface area contributed by atoms with E-state index in [1.54, 1.807) is 12.3 Å². The molecule has 0 unspecified atom stereocenters. The number of aromatic nitrogens is 3. The Morgan fingerprint density at radius 2 is 2.00 bits per heavy atom. The van der Waals surface area contributed by atoms with Crippen LogP contribution in [0.2, 0.25) is 0 Å². The van der Waals surface area contributed by atoms with Gasteiger partial charge in [0.1, 0.15) is 0 Å². The molecule has 1 amide bonds. The van der Waals surface area contributed by atoms with E-state index in [0.29, 0.717) is 11.6 Å². The summed E-state index contributed by atoms with van der Waals surface area (Å²) in [4.78, 5) is 20.8. The Morgan fingerprint density at radius 3 is 2.73 bits per heavy atom. The molecule has 0 fully saturated rings. The van der Waals surface area contributed by atoms with Crippen molar-refractivity contribution in [3.63, 3.8) is 0 Å². The van der Waals surface area contributed by atoms with Crippen LogP contribution < -0.4 is 5.32 Å². The summed E-state index contributed by atoms with van der Waals surface area (Å²) in [5.74, 6) is -0.147. The molecule has 22 heavy (non-hydrogen) atoms. The lowest BCUT2D eigenvalue weighted by Crippen LogP contribution is -2.12. The second-order valence-corrected chi connectivity index (χ2v) is 5.59. The van der Waals surface area contributed by atoms with Gasteiger partial charge in [-0.25, -0.2) is 4.98 Å². The van der Waals surface area contributed by atoms with Crippen molar-refractivity contribution in [2.75, 3.05) is 5.32 Å². The molecule has 0 aliphatic heterocycles. The molecule has 112 valence electrons. The van der Waals surface area contributed by atoms with Crippen LogP contribution in [0.5, 0.6) is 0 Å². The van der Waals surface area contributed by atoms with Crippen LogP contribution in [0.3, 0.4) is 0 Å². The van der Waals surface area contributed by atoms with Gasteiger partial charge in [0, 0.05) is 29.2 Å². The zero-order valence-corrected chi connectivity index (χ0v) is 12.9. The van der Waals surface area contributed by atoms with Crippen molar-refractivity contribution in [3.05, 3.63) is 54.1 Å². The molecular formula is C17H18N4O. The maximum Gasteiger partial charge on any atom is 0.255 e. The molecule has 0 saturated heterocycles. The van der Waals surface area contributed by atoms with E-state index in [1.165, 1.54) is 0 Å². The van der Waals surface area contributed by atoms with Crippen LogP contribution >= 0.6 is 0 Å². The summed E-state index contributed by atoms with van der Waals surface area (Å²) in [5.41, 5.74) is 4.06. The molecule has 3 rings (SSSR count). The van der Waals surface area contributed by atoms with E-state index in [9.17, 15) is 4.79 Å². The number of carbonyl (C=O) groups excluding carboxylic acids is 1. The SMILES string of the molecule is Cc1cc(NC(=O)c2ccc3c(c2)ncn3C(C)C)ccn1. The number of pyridine rings is 1. The minimum absolute atomic E-state index is 0.147. The minimum Gasteiger partial charge on any atom is -0.328 e. The van der Waals surface area contributed by atoms with Crippen LogP contribution in [0.15, 0.2) is 42.9 Å². The molecule has 2 heterocycles. The van der Waals surface area contributed by atoms with Crippen LogP contribution in [0, 0.1) is 6.92 Å². The standard InChI is InChI=1S/C17H18N4O/c1-11(2)21-10-19-15-9-13(4-5-16(15)21)17(22)20-14-6-7-18-12(3)8-14/h4-11H,1-3H3,(H,18,20,22). The number of anilines is 1. The summed E-state index contributed by atoms with van der Waals surface area (Å²) in [6.07, 6.45) is 3.49. The molecule has 0 aliphatic rings. The number of imidazole rings is 1. The van der Waals surface area contributed by atoms with E-state index >= 15 is 0 Å². The monoisotopic (exact) mass is 294 g/mol. The van der Waals surface area contributed by atoms with E-state index in [1.807, 2.05) is 37.5 Å². The zero-order valence-electron chi connectivity index (χ0n) is 12.9. The van der Waals surface area contributed by atoms with Crippen molar-refractivity contribution in [2.24, 2.45) is 0 Å². The summed E-state index contributed by atoms with van der Waals surface area (Å²) in [7, 11) is 0. The van der Waals surface area contributed by atoms with Crippen molar-refractivity contribution in [3.8, 4) is 0 Å². The summed E-state index contributed by atoms with van der Waals surface area (Å²) in [6, 6.07) is 9.53. The average molecular weight is 294 g/mol. The van der Waals surface area contributed by atoms with Crippen LogP contribution in [-0.4, -0.2) is 20.4 Å². The minimum atomic E-state index is -0.147. The first-order valence-electron chi connectivity index (χ1n) is 7.25. The molecule has 1 aromatic carbocycles. The van der Waals surface area contributed by atoms with Gasteiger partial charge in [-0.05, 0) is 51.1 Å². The summed E-state index contributed by atoms with van der Waals surface area (Å²) < 4.78 is 2.09. The zero-order chi connectivity index (χ0) is 15.7. The van der Waals surface area contributed by atoms with Gasteiger partial charge in [0.15, 0.2) is 0 Å². The largest absolute Gasteiger partial charge is 0.328 e. The second-order valence-electron chi connectivity index (χ2n) is 5.59. The van der Waals surface area contributed by atoms with Crippen LogP contribution in [0.4, 0.5) is 5.69 Å². The highest BCUT2D eigenvalue weighted by Gasteiger charge is 2.11. The molecule has 0 aliphatic carbocycles.